The first kappa shape index (κ1) is 47.0. The molecule has 0 bridgehead atoms. The zero-order chi connectivity index (χ0) is 47.5. The van der Waals surface area contributed by atoms with E-state index in [0.717, 1.165) is 54.9 Å². The van der Waals surface area contributed by atoms with E-state index in [1.54, 1.807) is 29.2 Å². The van der Waals surface area contributed by atoms with Gasteiger partial charge >= 0.3 is 0 Å². The monoisotopic (exact) mass is 865 g/mol. The number of benzene rings is 8. The number of phenolic OH excluding ortho intramolecular Hbond substituents is 4. The van der Waals surface area contributed by atoms with Crippen LogP contribution in [0.25, 0.3) is 49.4 Å². The molecule has 66 heavy (non-hydrogen) atoms. The van der Waals surface area contributed by atoms with Crippen LogP contribution in [0.3, 0.4) is 0 Å². The van der Waals surface area contributed by atoms with E-state index in [2.05, 4.69) is 95.5 Å². The fourth-order valence-electron chi connectivity index (χ4n) is 8.82. The summed E-state index contributed by atoms with van der Waals surface area (Å²) in [5.74, 6) is -2.42. The second-order valence-electron chi connectivity index (χ2n) is 15.9. The summed E-state index contributed by atoms with van der Waals surface area (Å²) >= 11 is 0. The highest BCUT2D eigenvalue weighted by atomic mass is 16.3. The van der Waals surface area contributed by atoms with E-state index in [0.29, 0.717) is 28.9 Å². The standard InChI is InChI=1S/C56H47NO4.C3H6.C2H2/c1-6-19-37(8-3)44-26-16-17-29-49(44)57(42-31-30-36(4)48(35-42)56(5,32-7-2)41-23-10-9-11-24-41)51-54(60)52(58)50(53(59)55(51)61)40-22-18-21-38(33-40)47-34-39-20-12-13-25-43(39)45-27-14-15-28-46(45)47;1-3-2;1-2/h6-31,33-35,58-61H,1-3,32H2,4-5H3;3H,1H2,2H3;1-2H/b37-19+;;. The lowest BCUT2D eigenvalue weighted by Crippen LogP contribution is -2.25. The molecule has 0 fully saturated rings. The van der Waals surface area contributed by atoms with Gasteiger partial charge in [0.05, 0.1) is 11.3 Å². The molecule has 0 saturated carbocycles. The minimum absolute atomic E-state index is 0.107. The van der Waals surface area contributed by atoms with Crippen LogP contribution in [-0.2, 0) is 5.41 Å². The molecule has 1 unspecified atom stereocenters. The van der Waals surface area contributed by atoms with Gasteiger partial charge in [-0.1, -0.05) is 172 Å². The van der Waals surface area contributed by atoms with Gasteiger partial charge in [0.25, 0.3) is 0 Å². The molecule has 0 aliphatic rings. The fraction of sp³-hybridized carbons (Fsp3) is 0.0820. The van der Waals surface area contributed by atoms with E-state index in [1.807, 2.05) is 122 Å². The lowest BCUT2D eigenvalue weighted by Gasteiger charge is -2.34. The van der Waals surface area contributed by atoms with Crippen molar-refractivity contribution in [2.24, 2.45) is 0 Å². The number of aromatic hydroxyl groups is 4. The van der Waals surface area contributed by atoms with Crippen LogP contribution in [0.1, 0.15) is 42.5 Å². The second-order valence-corrected chi connectivity index (χ2v) is 15.9. The van der Waals surface area contributed by atoms with Crippen molar-refractivity contribution >= 4 is 44.2 Å². The molecule has 0 aromatic heterocycles. The van der Waals surface area contributed by atoms with Gasteiger partial charge < -0.3 is 25.3 Å². The Labute approximate surface area is 389 Å². The number of rotatable bonds is 12. The van der Waals surface area contributed by atoms with Crippen LogP contribution < -0.4 is 4.90 Å². The van der Waals surface area contributed by atoms with Crippen molar-refractivity contribution in [3.05, 3.63) is 231 Å². The van der Waals surface area contributed by atoms with Crippen LogP contribution in [0, 0.1) is 19.8 Å². The van der Waals surface area contributed by atoms with Gasteiger partial charge in [-0.05, 0) is 111 Å². The van der Waals surface area contributed by atoms with Crippen LogP contribution in [-0.4, -0.2) is 20.4 Å². The summed E-state index contributed by atoms with van der Waals surface area (Å²) in [7, 11) is 0. The number of anilines is 3. The molecule has 0 saturated heterocycles. The van der Waals surface area contributed by atoms with Gasteiger partial charge in [-0.3, -0.25) is 0 Å². The van der Waals surface area contributed by atoms with Crippen molar-refractivity contribution in [3.63, 3.8) is 0 Å². The third-order valence-electron chi connectivity index (χ3n) is 11.8. The molecule has 1 atom stereocenters. The number of nitrogens with zero attached hydrogens (tertiary/aromatic N) is 1. The lowest BCUT2D eigenvalue weighted by molar-refractivity contribution is 0.377. The molecule has 0 aliphatic carbocycles. The first-order chi connectivity index (χ1) is 32.0. The van der Waals surface area contributed by atoms with Gasteiger partial charge in [-0.25, -0.2) is 0 Å². The van der Waals surface area contributed by atoms with Gasteiger partial charge in [0.2, 0.25) is 0 Å². The second kappa shape index (κ2) is 20.8. The Morgan fingerprint density at radius 2 is 1.23 bits per heavy atom. The smallest absolute Gasteiger partial charge is 0.186 e. The van der Waals surface area contributed by atoms with Crippen molar-refractivity contribution in [1.29, 1.82) is 0 Å². The lowest BCUT2D eigenvalue weighted by atomic mass is 9.72. The molecule has 4 N–H and O–H groups in total. The highest BCUT2D eigenvalue weighted by molar-refractivity contribution is 6.14. The van der Waals surface area contributed by atoms with Crippen LogP contribution in [0.15, 0.2) is 208 Å². The maximum atomic E-state index is 12.3. The van der Waals surface area contributed by atoms with Crippen LogP contribution >= 0.6 is 0 Å². The zero-order valence-corrected chi connectivity index (χ0v) is 37.7. The molecular formula is C61H55NO4. The fourth-order valence-corrected chi connectivity index (χ4v) is 8.82. The van der Waals surface area contributed by atoms with Crippen LogP contribution in [0.4, 0.5) is 17.1 Å². The third-order valence-corrected chi connectivity index (χ3v) is 11.8. The summed E-state index contributed by atoms with van der Waals surface area (Å²) in [6.45, 7) is 21.6. The third kappa shape index (κ3) is 8.86. The van der Waals surface area contributed by atoms with E-state index in [9.17, 15) is 20.4 Å². The quantitative estimate of drug-likeness (QED) is 0.0246. The maximum absolute atomic E-state index is 12.3. The van der Waals surface area contributed by atoms with Crippen molar-refractivity contribution in [2.45, 2.75) is 32.6 Å². The maximum Gasteiger partial charge on any atom is 0.186 e. The number of hydrogen-bond donors (Lipinski definition) is 4. The highest BCUT2D eigenvalue weighted by Crippen LogP contribution is 2.59. The van der Waals surface area contributed by atoms with E-state index in [-0.39, 0.29) is 11.3 Å². The average Bonchev–Trinajstić information content (AvgIpc) is 3.35. The highest BCUT2D eigenvalue weighted by Gasteiger charge is 2.34. The normalized spacial score (nSPS) is 11.8. The Bertz CT molecular complexity index is 3110. The molecule has 5 heteroatoms. The molecule has 8 rings (SSSR count). The van der Waals surface area contributed by atoms with Gasteiger partial charge in [0, 0.05) is 16.7 Å². The molecule has 8 aromatic rings. The van der Waals surface area contributed by atoms with E-state index in [1.165, 1.54) is 0 Å². The zero-order valence-electron chi connectivity index (χ0n) is 37.7. The number of aryl methyl sites for hydroxylation is 1. The van der Waals surface area contributed by atoms with E-state index < -0.39 is 28.4 Å². The number of phenols is 4. The summed E-state index contributed by atoms with van der Waals surface area (Å²) < 4.78 is 0. The Morgan fingerprint density at radius 3 is 1.88 bits per heavy atom. The van der Waals surface area contributed by atoms with E-state index in [4.69, 9.17) is 0 Å². The Kier molecular flexibility index (Phi) is 14.8. The minimum Gasteiger partial charge on any atom is -0.504 e. The first-order valence-electron chi connectivity index (χ1n) is 21.6. The van der Waals surface area contributed by atoms with Gasteiger partial charge in [-0.15, -0.1) is 26.0 Å². The number of para-hydroxylation sites is 1. The predicted octanol–water partition coefficient (Wildman–Crippen LogP) is 16.0. The van der Waals surface area contributed by atoms with Crippen molar-refractivity contribution in [2.75, 3.05) is 4.90 Å². The SMILES string of the molecule is C#C.C=C/C=C(\C=C)c1ccccc1N(c1ccc(C)c(C(C)(CC=C)c2ccccc2)c1)c1c(O)c(O)c(-c2cccc(-c3cc4ccccc4c4ccccc34)c2)c(O)c1O.C=CC. The summed E-state index contributed by atoms with van der Waals surface area (Å²) in [6.07, 6.45) is 17.5. The molecule has 0 radical (unpaired) electrons. The number of fused-ring (bicyclic) bond motifs is 3. The molecule has 0 spiro atoms. The summed E-state index contributed by atoms with van der Waals surface area (Å²) in [5.41, 5.74) is 7.01. The average molecular weight is 866 g/mol. The molecule has 328 valence electrons. The van der Waals surface area contributed by atoms with Crippen LogP contribution in [0.5, 0.6) is 23.0 Å². The minimum atomic E-state index is -0.617. The summed E-state index contributed by atoms with van der Waals surface area (Å²) in [6, 6.07) is 49.6. The van der Waals surface area contributed by atoms with Crippen molar-refractivity contribution in [1.82, 2.24) is 0 Å². The van der Waals surface area contributed by atoms with Crippen LogP contribution in [0.2, 0.25) is 0 Å². The summed E-state index contributed by atoms with van der Waals surface area (Å²) in [4.78, 5) is 1.67. The Hall–Kier alpha value is -8.46. The Balaban J connectivity index is 0.00000138. The number of terminal acetylenes is 1. The molecule has 0 aliphatic heterocycles. The van der Waals surface area contributed by atoms with Crippen molar-refractivity contribution < 1.29 is 20.4 Å². The first-order valence-corrected chi connectivity index (χ1v) is 21.6. The van der Waals surface area contributed by atoms with Gasteiger partial charge in [0.15, 0.2) is 23.0 Å². The number of hydrogen-bond acceptors (Lipinski definition) is 5. The number of allylic oxidation sites excluding steroid dienone is 6. The predicted molar refractivity (Wildman–Crippen MR) is 280 cm³/mol. The van der Waals surface area contributed by atoms with E-state index >= 15 is 0 Å². The van der Waals surface area contributed by atoms with Crippen molar-refractivity contribution in [3.8, 4) is 58.1 Å². The molecule has 8 aromatic carbocycles. The molecular weight excluding hydrogens is 811 g/mol. The molecule has 0 amide bonds. The molecule has 0 heterocycles. The topological polar surface area (TPSA) is 84.2 Å². The molecule has 5 nitrogen and oxygen atoms in total. The summed E-state index contributed by atoms with van der Waals surface area (Å²) in [5, 5.41) is 53.2. The van der Waals surface area contributed by atoms with Gasteiger partial charge in [0.1, 0.15) is 5.69 Å². The Morgan fingerprint density at radius 1 is 0.636 bits per heavy atom. The van der Waals surface area contributed by atoms with Gasteiger partial charge in [-0.2, -0.15) is 0 Å². The largest absolute Gasteiger partial charge is 0.504 e.